The third-order valence-electron chi connectivity index (χ3n) is 3.50. The number of nitrogens with zero attached hydrogens (tertiary/aromatic N) is 2. The van der Waals surface area contributed by atoms with Crippen LogP contribution in [-0.2, 0) is 0 Å². The Hall–Kier alpha value is -1.57. The largest absolute Gasteiger partial charge is 0.339 e. The molecule has 0 radical (unpaired) electrons. The average molecular weight is 280 g/mol. The number of piperidine rings is 1. The molecule has 1 fully saturated rings. The summed E-state index contributed by atoms with van der Waals surface area (Å²) < 4.78 is 0. The summed E-state index contributed by atoms with van der Waals surface area (Å²) in [5, 5.41) is 8.71. The summed E-state index contributed by atoms with van der Waals surface area (Å²) in [6, 6.07) is 8.84. The van der Waals surface area contributed by atoms with Crippen LogP contribution in [0, 0.1) is 17.2 Å². The van der Waals surface area contributed by atoms with Crippen LogP contribution in [0.15, 0.2) is 24.3 Å². The molecule has 1 aromatic rings. The van der Waals surface area contributed by atoms with Crippen molar-refractivity contribution in [3.05, 3.63) is 35.4 Å². The van der Waals surface area contributed by atoms with Crippen LogP contribution < -0.4 is 5.73 Å². The van der Waals surface area contributed by atoms with Gasteiger partial charge >= 0.3 is 0 Å². The highest BCUT2D eigenvalue weighted by Crippen LogP contribution is 2.18. The minimum atomic E-state index is 0. The molecule has 19 heavy (non-hydrogen) atoms. The molecule has 0 aliphatic carbocycles. The first kappa shape index (κ1) is 15.5. The van der Waals surface area contributed by atoms with E-state index in [1.165, 1.54) is 0 Å². The number of hydrogen-bond donors (Lipinski definition) is 1. The van der Waals surface area contributed by atoms with Gasteiger partial charge in [0.25, 0.3) is 5.91 Å². The van der Waals surface area contributed by atoms with Gasteiger partial charge in [-0.15, -0.1) is 12.4 Å². The van der Waals surface area contributed by atoms with E-state index in [9.17, 15) is 4.79 Å². The number of carbonyl (C=O) groups is 1. The van der Waals surface area contributed by atoms with E-state index in [1.807, 2.05) is 11.0 Å². The van der Waals surface area contributed by atoms with Crippen molar-refractivity contribution in [3.8, 4) is 6.07 Å². The second-order valence-corrected chi connectivity index (χ2v) is 4.66. The highest BCUT2D eigenvalue weighted by atomic mass is 35.5. The number of likely N-dealkylation sites (tertiary alicyclic amines) is 1. The Morgan fingerprint density at radius 1 is 1.32 bits per heavy atom. The Morgan fingerprint density at radius 2 is 1.89 bits per heavy atom. The summed E-state index contributed by atoms with van der Waals surface area (Å²) in [5.41, 5.74) is 6.86. The van der Waals surface area contributed by atoms with E-state index in [2.05, 4.69) is 0 Å². The summed E-state index contributed by atoms with van der Waals surface area (Å²) >= 11 is 0. The van der Waals surface area contributed by atoms with Gasteiger partial charge in [0.2, 0.25) is 0 Å². The van der Waals surface area contributed by atoms with Crippen LogP contribution in [0.5, 0.6) is 0 Å². The molecule has 102 valence electrons. The van der Waals surface area contributed by atoms with Crippen LogP contribution in [-0.4, -0.2) is 30.4 Å². The van der Waals surface area contributed by atoms with Gasteiger partial charge in [-0.2, -0.15) is 5.26 Å². The second kappa shape index (κ2) is 7.13. The number of nitrogens with two attached hydrogens (primary N) is 1. The molecule has 1 aromatic carbocycles. The minimum Gasteiger partial charge on any atom is -0.339 e. The first-order chi connectivity index (χ1) is 8.74. The van der Waals surface area contributed by atoms with E-state index in [0.29, 0.717) is 23.6 Å². The summed E-state index contributed by atoms with van der Waals surface area (Å²) in [6.07, 6.45) is 1.97. The zero-order valence-corrected chi connectivity index (χ0v) is 11.5. The Bertz CT molecular complexity index is 459. The first-order valence-corrected chi connectivity index (χ1v) is 6.24. The third-order valence-corrected chi connectivity index (χ3v) is 3.50. The zero-order chi connectivity index (χ0) is 13.0. The maximum atomic E-state index is 12.2. The molecule has 1 aliphatic rings. The fourth-order valence-electron chi connectivity index (χ4n) is 2.24. The maximum absolute atomic E-state index is 12.2. The van der Waals surface area contributed by atoms with Crippen LogP contribution >= 0.6 is 12.4 Å². The number of benzene rings is 1. The SMILES string of the molecule is Cl.N#Cc1ccc(C(=O)N2CCC(CN)CC2)cc1. The van der Waals surface area contributed by atoms with Gasteiger partial charge in [-0.3, -0.25) is 4.79 Å². The molecule has 0 spiro atoms. The van der Waals surface area contributed by atoms with E-state index in [4.69, 9.17) is 11.0 Å². The Labute approximate surface area is 119 Å². The molecule has 0 aromatic heterocycles. The molecule has 5 heteroatoms. The van der Waals surface area contributed by atoms with Crippen molar-refractivity contribution < 1.29 is 4.79 Å². The van der Waals surface area contributed by atoms with Gasteiger partial charge in [-0.25, -0.2) is 0 Å². The normalized spacial score (nSPS) is 15.5. The minimum absolute atomic E-state index is 0. The van der Waals surface area contributed by atoms with Crippen molar-refractivity contribution >= 4 is 18.3 Å². The summed E-state index contributed by atoms with van der Waals surface area (Å²) in [7, 11) is 0. The molecule has 0 atom stereocenters. The second-order valence-electron chi connectivity index (χ2n) is 4.66. The van der Waals surface area contributed by atoms with Crippen LogP contribution in [0.4, 0.5) is 0 Å². The quantitative estimate of drug-likeness (QED) is 0.897. The van der Waals surface area contributed by atoms with Gasteiger partial charge in [0.1, 0.15) is 0 Å². The van der Waals surface area contributed by atoms with Crippen molar-refractivity contribution in [2.24, 2.45) is 11.7 Å². The molecule has 2 N–H and O–H groups in total. The number of halogens is 1. The number of amides is 1. The molecule has 1 aliphatic heterocycles. The van der Waals surface area contributed by atoms with Crippen molar-refractivity contribution in [2.75, 3.05) is 19.6 Å². The van der Waals surface area contributed by atoms with Crippen molar-refractivity contribution in [2.45, 2.75) is 12.8 Å². The van der Waals surface area contributed by atoms with Gasteiger partial charge < -0.3 is 10.6 Å². The predicted molar refractivity (Wildman–Crippen MR) is 76.1 cm³/mol. The summed E-state index contributed by atoms with van der Waals surface area (Å²) in [4.78, 5) is 14.1. The fraction of sp³-hybridized carbons (Fsp3) is 0.429. The Balaban J connectivity index is 0.00000180. The Morgan fingerprint density at radius 3 is 2.37 bits per heavy atom. The van der Waals surface area contributed by atoms with Crippen molar-refractivity contribution in [1.82, 2.24) is 4.90 Å². The topological polar surface area (TPSA) is 70.1 Å². The van der Waals surface area contributed by atoms with E-state index in [-0.39, 0.29) is 18.3 Å². The summed E-state index contributed by atoms with van der Waals surface area (Å²) in [6.45, 7) is 2.26. The van der Waals surface area contributed by atoms with Gasteiger partial charge in [-0.1, -0.05) is 0 Å². The van der Waals surface area contributed by atoms with E-state index in [1.54, 1.807) is 24.3 Å². The molecule has 0 saturated carbocycles. The third kappa shape index (κ3) is 3.69. The van der Waals surface area contributed by atoms with Crippen molar-refractivity contribution in [1.29, 1.82) is 5.26 Å². The molecule has 4 nitrogen and oxygen atoms in total. The van der Waals surface area contributed by atoms with Gasteiger partial charge in [0.05, 0.1) is 11.6 Å². The standard InChI is InChI=1S/C14H17N3O.ClH/c15-9-11-1-3-13(4-2-11)14(18)17-7-5-12(10-16)6-8-17;/h1-4,12H,5-8,10,16H2;1H. The zero-order valence-electron chi connectivity index (χ0n) is 10.7. The smallest absolute Gasteiger partial charge is 0.253 e. The van der Waals surface area contributed by atoms with Gasteiger partial charge in [0, 0.05) is 18.7 Å². The lowest BCUT2D eigenvalue weighted by atomic mass is 9.96. The van der Waals surface area contributed by atoms with Crippen LogP contribution in [0.1, 0.15) is 28.8 Å². The summed E-state index contributed by atoms with van der Waals surface area (Å²) in [5.74, 6) is 0.602. The molecular formula is C14H18ClN3O. The van der Waals surface area contributed by atoms with Crippen LogP contribution in [0.2, 0.25) is 0 Å². The van der Waals surface area contributed by atoms with E-state index >= 15 is 0 Å². The molecule has 1 amide bonds. The number of nitriles is 1. The predicted octanol–water partition coefficient (Wildman–Crippen LogP) is 1.79. The number of carbonyl (C=O) groups excluding carboxylic acids is 1. The van der Waals surface area contributed by atoms with Gasteiger partial charge in [-0.05, 0) is 49.6 Å². The van der Waals surface area contributed by atoms with Crippen molar-refractivity contribution in [3.63, 3.8) is 0 Å². The van der Waals surface area contributed by atoms with E-state index in [0.717, 1.165) is 25.9 Å². The van der Waals surface area contributed by atoms with Crippen LogP contribution in [0.3, 0.4) is 0 Å². The Kier molecular flexibility index (Phi) is 5.81. The molecule has 2 rings (SSSR count). The lowest BCUT2D eigenvalue weighted by molar-refractivity contribution is 0.0693. The monoisotopic (exact) mass is 279 g/mol. The average Bonchev–Trinajstić information content (AvgIpc) is 2.47. The number of rotatable bonds is 2. The maximum Gasteiger partial charge on any atom is 0.253 e. The number of hydrogen-bond acceptors (Lipinski definition) is 3. The first-order valence-electron chi connectivity index (χ1n) is 6.24. The lowest BCUT2D eigenvalue weighted by Gasteiger charge is -2.31. The molecule has 0 unspecified atom stereocenters. The molecule has 1 heterocycles. The highest BCUT2D eigenvalue weighted by Gasteiger charge is 2.22. The molecule has 1 saturated heterocycles. The highest BCUT2D eigenvalue weighted by molar-refractivity contribution is 5.94. The van der Waals surface area contributed by atoms with Gasteiger partial charge in [0.15, 0.2) is 0 Å². The molecular weight excluding hydrogens is 262 g/mol. The fourth-order valence-corrected chi connectivity index (χ4v) is 2.24. The van der Waals surface area contributed by atoms with E-state index < -0.39 is 0 Å². The molecule has 0 bridgehead atoms. The van der Waals surface area contributed by atoms with Crippen LogP contribution in [0.25, 0.3) is 0 Å². The lowest BCUT2D eigenvalue weighted by Crippen LogP contribution is -2.40.